The number of aromatic amines is 1. The molecule has 2 rings (SSSR count). The van der Waals surface area contributed by atoms with Gasteiger partial charge >= 0.3 is 5.97 Å². The van der Waals surface area contributed by atoms with Crippen LogP contribution in [0.2, 0.25) is 5.02 Å². The molecule has 1 heterocycles. The highest BCUT2D eigenvalue weighted by molar-refractivity contribution is 6.32. The minimum Gasteiger partial charge on any atom is -0.478 e. The van der Waals surface area contributed by atoms with E-state index in [0.717, 1.165) is 0 Å². The Morgan fingerprint density at radius 2 is 2.20 bits per heavy atom. The van der Waals surface area contributed by atoms with Crippen LogP contribution < -0.4 is 0 Å². The van der Waals surface area contributed by atoms with Crippen molar-refractivity contribution in [3.8, 4) is 11.4 Å². The minimum absolute atomic E-state index is 0.155. The number of benzene rings is 1. The third-order valence-electron chi connectivity index (χ3n) is 2.92. The summed E-state index contributed by atoms with van der Waals surface area (Å²) in [5.41, 5.74) is 1.28. The molecule has 0 bridgehead atoms. The third-order valence-corrected chi connectivity index (χ3v) is 3.32. The number of carboxylic acids is 1. The van der Waals surface area contributed by atoms with Gasteiger partial charge in [0.2, 0.25) is 0 Å². The summed E-state index contributed by atoms with van der Waals surface area (Å²) in [6.45, 7) is 2.20. The number of hydrogen-bond acceptors (Lipinski definition) is 4. The molecule has 1 aromatic carbocycles. The molecule has 0 aliphatic carbocycles. The lowest BCUT2D eigenvalue weighted by Crippen LogP contribution is -2.01. The number of nitrogens with one attached hydrogen (secondary N) is 1. The van der Waals surface area contributed by atoms with Crippen LogP contribution in [0.15, 0.2) is 12.1 Å². The molecule has 0 fully saturated rings. The normalized spacial score (nSPS) is 10.8. The maximum atomic E-state index is 11.2. The lowest BCUT2D eigenvalue weighted by Gasteiger charge is -2.06. The van der Waals surface area contributed by atoms with Crippen molar-refractivity contribution in [1.29, 1.82) is 0 Å². The zero-order valence-corrected chi connectivity index (χ0v) is 11.9. The topological polar surface area (TPSA) is 88.1 Å². The largest absolute Gasteiger partial charge is 0.478 e. The van der Waals surface area contributed by atoms with Gasteiger partial charge < -0.3 is 14.8 Å². The quantitative estimate of drug-likeness (QED) is 0.884. The first kappa shape index (κ1) is 14.5. The summed E-state index contributed by atoms with van der Waals surface area (Å²) < 4.78 is 4.96. The van der Waals surface area contributed by atoms with Crippen molar-refractivity contribution in [1.82, 2.24) is 15.2 Å². The Labute approximate surface area is 120 Å². The van der Waals surface area contributed by atoms with Crippen molar-refractivity contribution in [3.05, 3.63) is 34.1 Å². The zero-order chi connectivity index (χ0) is 14.7. The van der Waals surface area contributed by atoms with E-state index in [1.807, 2.05) is 0 Å². The van der Waals surface area contributed by atoms with Gasteiger partial charge in [0.25, 0.3) is 0 Å². The first-order chi connectivity index (χ1) is 9.52. The van der Waals surface area contributed by atoms with E-state index in [0.29, 0.717) is 40.8 Å². The predicted octanol–water partition coefficient (Wildman–Crippen LogP) is 2.32. The maximum Gasteiger partial charge on any atom is 0.336 e. The Morgan fingerprint density at radius 3 is 2.85 bits per heavy atom. The molecule has 0 spiro atoms. The van der Waals surface area contributed by atoms with Crippen LogP contribution in [0.5, 0.6) is 0 Å². The second-order valence-corrected chi connectivity index (χ2v) is 4.71. The molecule has 2 aromatic rings. The molecule has 6 nitrogen and oxygen atoms in total. The van der Waals surface area contributed by atoms with Gasteiger partial charge in [-0.25, -0.2) is 4.79 Å². The summed E-state index contributed by atoms with van der Waals surface area (Å²) in [6.07, 6.45) is 0.606. The summed E-state index contributed by atoms with van der Waals surface area (Å²) in [4.78, 5) is 14.2. The average Bonchev–Trinajstić information content (AvgIpc) is 2.87. The van der Waals surface area contributed by atoms with Crippen LogP contribution in [0.1, 0.15) is 21.7 Å². The van der Waals surface area contributed by atoms with Crippen molar-refractivity contribution < 1.29 is 14.6 Å². The average molecular weight is 296 g/mol. The molecular weight excluding hydrogens is 282 g/mol. The van der Waals surface area contributed by atoms with Gasteiger partial charge in [-0.05, 0) is 24.6 Å². The number of carboxylic acid groups (broad SMARTS) is 1. The van der Waals surface area contributed by atoms with Crippen LogP contribution >= 0.6 is 11.6 Å². The highest BCUT2D eigenvalue weighted by atomic mass is 35.5. The van der Waals surface area contributed by atoms with Crippen LogP contribution in [-0.2, 0) is 11.2 Å². The maximum absolute atomic E-state index is 11.2. The van der Waals surface area contributed by atoms with E-state index in [1.165, 1.54) is 6.07 Å². The van der Waals surface area contributed by atoms with Crippen molar-refractivity contribution >= 4 is 17.6 Å². The number of aromatic nitrogens is 3. The summed E-state index contributed by atoms with van der Waals surface area (Å²) in [7, 11) is 1.61. The smallest absolute Gasteiger partial charge is 0.336 e. The fourth-order valence-corrected chi connectivity index (χ4v) is 2.00. The van der Waals surface area contributed by atoms with Gasteiger partial charge in [-0.15, -0.1) is 10.2 Å². The number of rotatable bonds is 5. The molecule has 7 heteroatoms. The molecule has 20 heavy (non-hydrogen) atoms. The summed E-state index contributed by atoms with van der Waals surface area (Å²) in [6, 6.07) is 3.20. The van der Waals surface area contributed by atoms with Gasteiger partial charge in [-0.2, -0.15) is 0 Å². The number of carbonyl (C=O) groups is 1. The number of nitrogens with zero attached hydrogens (tertiary/aromatic N) is 2. The monoisotopic (exact) mass is 295 g/mol. The van der Waals surface area contributed by atoms with Crippen LogP contribution in [0.25, 0.3) is 11.4 Å². The highest BCUT2D eigenvalue weighted by Crippen LogP contribution is 2.26. The van der Waals surface area contributed by atoms with Gasteiger partial charge in [-0.1, -0.05) is 11.6 Å². The molecule has 0 radical (unpaired) electrons. The van der Waals surface area contributed by atoms with Crippen LogP contribution in [0, 0.1) is 6.92 Å². The van der Waals surface area contributed by atoms with Crippen molar-refractivity contribution in [2.45, 2.75) is 13.3 Å². The number of aromatic carboxylic acids is 1. The Balaban J connectivity index is 2.37. The standard InChI is InChI=1S/C13H14ClN3O3/c1-7-9(13(18)19)5-8(6-10(7)14)12-15-11(16-17-12)3-4-20-2/h5-6H,3-4H2,1-2H3,(H,18,19)(H,15,16,17). The fourth-order valence-electron chi connectivity index (χ4n) is 1.78. The fraction of sp³-hybridized carbons (Fsp3) is 0.308. The van der Waals surface area contributed by atoms with E-state index >= 15 is 0 Å². The summed E-state index contributed by atoms with van der Waals surface area (Å²) in [5.74, 6) is 0.140. The van der Waals surface area contributed by atoms with Gasteiger partial charge in [-0.3, -0.25) is 0 Å². The van der Waals surface area contributed by atoms with E-state index < -0.39 is 5.97 Å². The molecule has 0 aliphatic heterocycles. The third kappa shape index (κ3) is 2.97. The second kappa shape index (κ2) is 6.02. The molecule has 0 saturated heterocycles. The zero-order valence-electron chi connectivity index (χ0n) is 11.1. The second-order valence-electron chi connectivity index (χ2n) is 4.30. The van der Waals surface area contributed by atoms with Crippen LogP contribution in [0.3, 0.4) is 0 Å². The molecule has 0 aliphatic rings. The summed E-state index contributed by atoms with van der Waals surface area (Å²) in [5, 5.41) is 17.5. The Hall–Kier alpha value is -1.92. The van der Waals surface area contributed by atoms with E-state index in [2.05, 4.69) is 15.2 Å². The molecule has 2 N–H and O–H groups in total. The van der Waals surface area contributed by atoms with Crippen LogP contribution in [-0.4, -0.2) is 40.0 Å². The molecular formula is C13H14ClN3O3. The highest BCUT2D eigenvalue weighted by Gasteiger charge is 2.14. The van der Waals surface area contributed by atoms with Crippen LogP contribution in [0.4, 0.5) is 0 Å². The summed E-state index contributed by atoms with van der Waals surface area (Å²) >= 11 is 6.06. The molecule has 0 atom stereocenters. The predicted molar refractivity (Wildman–Crippen MR) is 74.1 cm³/mol. The SMILES string of the molecule is COCCc1nnc(-c2cc(Cl)c(C)c(C(=O)O)c2)[nH]1. The number of ether oxygens (including phenoxy) is 1. The lowest BCUT2D eigenvalue weighted by molar-refractivity contribution is 0.0696. The van der Waals surface area contributed by atoms with Gasteiger partial charge in [0.05, 0.1) is 12.2 Å². The Morgan fingerprint density at radius 1 is 1.45 bits per heavy atom. The lowest BCUT2D eigenvalue weighted by atomic mass is 10.0. The molecule has 0 unspecified atom stereocenters. The van der Waals surface area contributed by atoms with E-state index in [4.69, 9.17) is 21.4 Å². The molecule has 106 valence electrons. The first-order valence-electron chi connectivity index (χ1n) is 5.97. The van der Waals surface area contributed by atoms with Gasteiger partial charge in [0.15, 0.2) is 5.82 Å². The molecule has 1 aromatic heterocycles. The Kier molecular flexibility index (Phi) is 4.36. The van der Waals surface area contributed by atoms with E-state index in [9.17, 15) is 4.79 Å². The number of methoxy groups -OCH3 is 1. The number of hydrogen-bond donors (Lipinski definition) is 2. The van der Waals surface area contributed by atoms with Crippen molar-refractivity contribution in [2.24, 2.45) is 0 Å². The minimum atomic E-state index is -1.02. The van der Waals surface area contributed by atoms with E-state index in [-0.39, 0.29) is 5.56 Å². The van der Waals surface area contributed by atoms with Crippen molar-refractivity contribution in [3.63, 3.8) is 0 Å². The molecule has 0 amide bonds. The van der Waals surface area contributed by atoms with Gasteiger partial charge in [0.1, 0.15) is 5.82 Å². The number of H-pyrrole nitrogens is 1. The first-order valence-corrected chi connectivity index (χ1v) is 6.35. The Bertz CT molecular complexity index is 640. The van der Waals surface area contributed by atoms with Crippen molar-refractivity contribution in [2.75, 3.05) is 13.7 Å². The molecule has 0 saturated carbocycles. The number of halogens is 1. The van der Waals surface area contributed by atoms with Gasteiger partial charge in [0, 0.05) is 24.1 Å². The van der Waals surface area contributed by atoms with E-state index in [1.54, 1.807) is 20.1 Å².